The Balaban J connectivity index is 5.15. The molecule has 3 N–H and O–H groups in total. The van der Waals surface area contributed by atoms with Crippen molar-refractivity contribution in [2.24, 2.45) is 11.8 Å². The van der Waals surface area contributed by atoms with Crippen molar-refractivity contribution >= 4 is 39.5 Å². The topological polar surface area (TPSA) is 237 Å². The van der Waals surface area contributed by atoms with Crippen molar-refractivity contribution in [1.82, 2.24) is 0 Å². The number of hydrogen-bond acceptors (Lipinski definition) is 15. The molecule has 0 heterocycles. The van der Waals surface area contributed by atoms with E-state index in [-0.39, 0.29) is 25.7 Å². The minimum absolute atomic E-state index is 0.105. The molecular formula is C73H142O17P2. The number of carbonyl (C=O) groups is 4. The zero-order chi connectivity index (χ0) is 67.9. The first-order valence-corrected chi connectivity index (χ1v) is 41.0. The van der Waals surface area contributed by atoms with E-state index in [0.29, 0.717) is 25.7 Å². The molecule has 0 aliphatic heterocycles. The summed E-state index contributed by atoms with van der Waals surface area (Å²) in [6.45, 7) is 9.49. The highest BCUT2D eigenvalue weighted by molar-refractivity contribution is 7.47. The standard InChI is InChI=1S/C73H142O17P2/c1-7-9-11-13-14-15-16-17-18-19-20-21-24-28-34-39-45-51-57-73(78)90-69(62-84-71(76)56-50-44-38-33-27-25-22-23-26-31-36-42-47-53-65(3)4)64-88-92(81,82)86-60-67(74)59-85-91(79,80)87-63-68(61-83-70(75)55-49-41-12-10-8-2)89-72(77)58-52-46-40-35-30-29-32-37-43-48-54-66(5)6/h65-69,74H,7-64H2,1-6H3,(H,79,80)(H,81,82)/t67-,68+,69+/m0/s1. The second-order valence-corrected chi connectivity index (χ2v) is 30.2. The van der Waals surface area contributed by atoms with Gasteiger partial charge in [0.25, 0.3) is 0 Å². The molecule has 17 nitrogen and oxygen atoms in total. The van der Waals surface area contributed by atoms with Gasteiger partial charge >= 0.3 is 39.5 Å². The van der Waals surface area contributed by atoms with Crippen LogP contribution >= 0.6 is 15.6 Å². The number of aliphatic hydroxyl groups is 1. The summed E-state index contributed by atoms with van der Waals surface area (Å²) in [6, 6.07) is 0. The average molecular weight is 1350 g/mol. The van der Waals surface area contributed by atoms with Crippen LogP contribution in [0.2, 0.25) is 0 Å². The fourth-order valence-electron chi connectivity index (χ4n) is 11.1. The molecule has 0 spiro atoms. The first kappa shape index (κ1) is 90.1. The lowest BCUT2D eigenvalue weighted by Gasteiger charge is -2.21. The largest absolute Gasteiger partial charge is 0.472 e. The number of phosphoric acid groups is 2. The summed E-state index contributed by atoms with van der Waals surface area (Å²) in [5, 5.41) is 10.6. The predicted molar refractivity (Wildman–Crippen MR) is 372 cm³/mol. The summed E-state index contributed by atoms with van der Waals surface area (Å²) in [5.41, 5.74) is 0. The van der Waals surface area contributed by atoms with Crippen LogP contribution in [0.1, 0.15) is 375 Å². The lowest BCUT2D eigenvalue weighted by atomic mass is 10.0. The Kier molecular flexibility index (Phi) is 63.7. The van der Waals surface area contributed by atoms with E-state index in [9.17, 15) is 43.2 Å². The van der Waals surface area contributed by atoms with Gasteiger partial charge < -0.3 is 33.8 Å². The van der Waals surface area contributed by atoms with Crippen molar-refractivity contribution in [3.63, 3.8) is 0 Å². The van der Waals surface area contributed by atoms with E-state index in [1.165, 1.54) is 186 Å². The zero-order valence-electron chi connectivity index (χ0n) is 59.9. The molecule has 2 unspecified atom stereocenters. The smallest absolute Gasteiger partial charge is 0.462 e. The Morgan fingerprint density at radius 3 is 0.739 bits per heavy atom. The van der Waals surface area contributed by atoms with Crippen LogP contribution in [0.3, 0.4) is 0 Å². The fourth-order valence-corrected chi connectivity index (χ4v) is 12.7. The Labute approximate surface area is 562 Å². The number of unbranched alkanes of at least 4 members (excludes halogenated alkanes) is 42. The third-order valence-electron chi connectivity index (χ3n) is 17.0. The van der Waals surface area contributed by atoms with Gasteiger partial charge in [0.2, 0.25) is 0 Å². The summed E-state index contributed by atoms with van der Waals surface area (Å²) in [7, 11) is -9.90. The molecule has 0 aliphatic carbocycles. The molecule has 19 heteroatoms. The highest BCUT2D eigenvalue weighted by Crippen LogP contribution is 2.45. The maximum Gasteiger partial charge on any atom is 0.472 e. The molecule has 0 aromatic carbocycles. The minimum atomic E-state index is -4.95. The molecule has 0 bridgehead atoms. The van der Waals surface area contributed by atoms with Crippen molar-refractivity contribution in [1.29, 1.82) is 0 Å². The van der Waals surface area contributed by atoms with Gasteiger partial charge in [0.05, 0.1) is 26.4 Å². The van der Waals surface area contributed by atoms with Crippen LogP contribution in [0.25, 0.3) is 0 Å². The number of rotatable bonds is 72. The van der Waals surface area contributed by atoms with Crippen molar-refractivity contribution in [2.45, 2.75) is 394 Å². The zero-order valence-corrected chi connectivity index (χ0v) is 61.6. The van der Waals surface area contributed by atoms with Gasteiger partial charge in [0, 0.05) is 25.7 Å². The number of ether oxygens (including phenoxy) is 4. The average Bonchev–Trinajstić information content (AvgIpc) is 1.60. The van der Waals surface area contributed by atoms with Crippen molar-refractivity contribution < 1.29 is 80.2 Å². The molecule has 5 atom stereocenters. The van der Waals surface area contributed by atoms with Crippen LogP contribution in [-0.4, -0.2) is 96.7 Å². The Morgan fingerprint density at radius 2 is 0.500 bits per heavy atom. The summed E-state index contributed by atoms with van der Waals surface area (Å²) in [4.78, 5) is 72.4. The van der Waals surface area contributed by atoms with Crippen molar-refractivity contribution in [3.8, 4) is 0 Å². The van der Waals surface area contributed by atoms with E-state index in [2.05, 4.69) is 41.5 Å². The number of hydrogen-bond donors (Lipinski definition) is 3. The molecule has 92 heavy (non-hydrogen) atoms. The Morgan fingerprint density at radius 1 is 0.293 bits per heavy atom. The van der Waals surface area contributed by atoms with E-state index in [4.69, 9.17) is 37.0 Å². The molecule has 0 radical (unpaired) electrons. The molecule has 0 saturated heterocycles. The van der Waals surface area contributed by atoms with E-state index < -0.39 is 97.5 Å². The fraction of sp³-hybridized carbons (Fsp3) is 0.945. The maximum atomic E-state index is 13.0. The highest BCUT2D eigenvalue weighted by atomic mass is 31.2. The second-order valence-electron chi connectivity index (χ2n) is 27.3. The second kappa shape index (κ2) is 65.0. The van der Waals surface area contributed by atoms with Crippen LogP contribution in [0.5, 0.6) is 0 Å². The van der Waals surface area contributed by atoms with Gasteiger partial charge in [-0.2, -0.15) is 0 Å². The van der Waals surface area contributed by atoms with Gasteiger partial charge in [-0.25, -0.2) is 9.13 Å². The van der Waals surface area contributed by atoms with E-state index in [1.54, 1.807) is 0 Å². The SMILES string of the molecule is CCCCCCCCCCCCCCCCCCCCC(=O)O[C@H](COC(=O)CCCCCCCCCCCCCCCC(C)C)COP(=O)(O)OC[C@@H](O)COP(=O)(O)OC[C@@H](COC(=O)CCCCCCC)OC(=O)CCCCCCCCCCCCC(C)C. The van der Waals surface area contributed by atoms with Crippen LogP contribution in [0.15, 0.2) is 0 Å². The van der Waals surface area contributed by atoms with E-state index >= 15 is 0 Å². The first-order chi connectivity index (χ1) is 44.4. The van der Waals surface area contributed by atoms with Crippen LogP contribution in [0, 0.1) is 11.8 Å². The lowest BCUT2D eigenvalue weighted by molar-refractivity contribution is -0.161. The maximum absolute atomic E-state index is 13.0. The van der Waals surface area contributed by atoms with E-state index in [0.717, 1.165) is 108 Å². The normalized spacial score (nSPS) is 14.1. The number of esters is 4. The molecular weight excluding hydrogens is 1210 g/mol. The van der Waals surface area contributed by atoms with E-state index in [1.807, 2.05) is 0 Å². The van der Waals surface area contributed by atoms with Crippen LogP contribution in [-0.2, 0) is 65.4 Å². The predicted octanol–water partition coefficient (Wildman–Crippen LogP) is 21.2. The number of carbonyl (C=O) groups excluding carboxylic acids is 4. The van der Waals surface area contributed by atoms with Gasteiger partial charge in [0.1, 0.15) is 19.3 Å². The minimum Gasteiger partial charge on any atom is -0.462 e. The molecule has 0 aromatic rings. The number of phosphoric ester groups is 2. The van der Waals surface area contributed by atoms with Gasteiger partial charge in [-0.15, -0.1) is 0 Å². The van der Waals surface area contributed by atoms with Crippen LogP contribution < -0.4 is 0 Å². The molecule has 546 valence electrons. The lowest BCUT2D eigenvalue weighted by Crippen LogP contribution is -2.30. The monoisotopic (exact) mass is 1350 g/mol. The quantitative estimate of drug-likeness (QED) is 0.0222. The summed E-state index contributed by atoms with van der Waals surface area (Å²) in [5.74, 6) is -0.587. The highest BCUT2D eigenvalue weighted by Gasteiger charge is 2.30. The Bertz CT molecular complexity index is 1790. The van der Waals surface area contributed by atoms with Gasteiger partial charge in [-0.1, -0.05) is 324 Å². The molecule has 0 rings (SSSR count). The van der Waals surface area contributed by atoms with Crippen LogP contribution in [0.4, 0.5) is 0 Å². The molecule has 0 aromatic heterocycles. The summed E-state index contributed by atoms with van der Waals surface area (Å²) < 4.78 is 68.2. The first-order valence-electron chi connectivity index (χ1n) is 38.0. The molecule has 0 fully saturated rings. The van der Waals surface area contributed by atoms with Gasteiger partial charge in [0.15, 0.2) is 12.2 Å². The van der Waals surface area contributed by atoms with Gasteiger partial charge in [-0.3, -0.25) is 37.3 Å². The number of aliphatic hydroxyl groups excluding tert-OH is 1. The molecule has 0 saturated carbocycles. The molecule has 0 amide bonds. The van der Waals surface area contributed by atoms with Crippen molar-refractivity contribution in [3.05, 3.63) is 0 Å². The van der Waals surface area contributed by atoms with Gasteiger partial charge in [-0.05, 0) is 37.5 Å². The van der Waals surface area contributed by atoms with Crippen molar-refractivity contribution in [2.75, 3.05) is 39.6 Å². The summed E-state index contributed by atoms with van der Waals surface area (Å²) in [6.07, 6.45) is 51.7. The summed E-state index contributed by atoms with van der Waals surface area (Å²) >= 11 is 0. The third-order valence-corrected chi connectivity index (χ3v) is 18.9. The Hall–Kier alpha value is -1.94. The molecule has 0 aliphatic rings. The third kappa shape index (κ3) is 66.7.